The molecule has 11 N–H and O–H groups in total. The minimum atomic E-state index is -1.89. The van der Waals surface area contributed by atoms with E-state index in [0.717, 1.165) is 29.4 Å². The van der Waals surface area contributed by atoms with Crippen molar-refractivity contribution in [2.75, 3.05) is 33.4 Å². The molecule has 0 heterocycles. The van der Waals surface area contributed by atoms with E-state index < -0.39 is 151 Å². The lowest BCUT2D eigenvalue weighted by atomic mass is 9.98. The van der Waals surface area contributed by atoms with Crippen LogP contribution in [0, 0.1) is 11.8 Å². The molecule has 27 nitrogen and oxygen atoms in total. The number of ether oxygens (including phenoxy) is 5. The topological polar surface area (TPSA) is 385 Å². The zero-order valence-corrected chi connectivity index (χ0v) is 52.3. The molecule has 490 valence electrons. The third-order valence-corrected chi connectivity index (χ3v) is 13.9. The Labute approximate surface area is 527 Å². The van der Waals surface area contributed by atoms with Gasteiger partial charge in [0.15, 0.2) is 0 Å². The molecule has 0 saturated carbocycles. The summed E-state index contributed by atoms with van der Waals surface area (Å²) in [5, 5.41) is 21.9. The van der Waals surface area contributed by atoms with E-state index in [9.17, 15) is 57.5 Å². The van der Waals surface area contributed by atoms with Crippen molar-refractivity contribution in [3.8, 4) is 11.1 Å². The van der Waals surface area contributed by atoms with Crippen LogP contribution in [0.5, 0.6) is 0 Å². The first-order valence-electron chi connectivity index (χ1n) is 29.5. The molecule has 1 aliphatic rings. The minimum Gasteiger partial charge on any atom is -0.467 e. The van der Waals surface area contributed by atoms with Crippen molar-refractivity contribution in [3.05, 3.63) is 131 Å². The Morgan fingerprint density at radius 1 is 0.527 bits per heavy atom. The highest BCUT2D eigenvalue weighted by Crippen LogP contribution is 2.44. The number of esters is 2. The predicted octanol–water partition coefficient (Wildman–Crippen LogP) is 2.81. The predicted molar refractivity (Wildman–Crippen MR) is 329 cm³/mol. The molecule has 27 heteroatoms. The highest BCUT2D eigenvalue weighted by molar-refractivity contribution is 5.96. The van der Waals surface area contributed by atoms with Crippen molar-refractivity contribution in [1.82, 2.24) is 47.9 Å². The van der Waals surface area contributed by atoms with Crippen LogP contribution in [-0.2, 0) is 79.9 Å². The number of benzene rings is 4. The number of rotatable bonds is 31. The summed E-state index contributed by atoms with van der Waals surface area (Å²) in [6.07, 6.45) is -6.04. The normalized spacial score (nSPS) is 13.9. The van der Waals surface area contributed by atoms with E-state index in [-0.39, 0.29) is 37.9 Å². The molecule has 91 heavy (non-hydrogen) atoms. The Morgan fingerprint density at radius 2 is 1.07 bits per heavy atom. The summed E-state index contributed by atoms with van der Waals surface area (Å²) < 4.78 is 27.3. The first kappa shape index (κ1) is 71.7. The Hall–Kier alpha value is -10.1. The molecule has 5 rings (SSSR count). The number of nitrogens with one attached hydrogen (secondary N) is 9. The van der Waals surface area contributed by atoms with Crippen LogP contribution in [-0.4, -0.2) is 153 Å². The molecule has 0 fully saturated rings. The lowest BCUT2D eigenvalue weighted by Gasteiger charge is -2.28. The van der Waals surface area contributed by atoms with Crippen molar-refractivity contribution in [1.29, 1.82) is 0 Å². The lowest BCUT2D eigenvalue weighted by molar-refractivity contribution is -0.153. The van der Waals surface area contributed by atoms with Crippen LogP contribution in [0.4, 0.5) is 14.4 Å². The van der Waals surface area contributed by atoms with Crippen molar-refractivity contribution in [3.63, 3.8) is 0 Å². The second-order valence-corrected chi connectivity index (χ2v) is 23.2. The van der Waals surface area contributed by atoms with Gasteiger partial charge in [-0.3, -0.25) is 38.4 Å². The van der Waals surface area contributed by atoms with Crippen LogP contribution in [0.25, 0.3) is 11.1 Å². The number of fused-ring (bicyclic) bond motifs is 3. The van der Waals surface area contributed by atoms with Crippen LogP contribution < -0.4 is 53.6 Å². The van der Waals surface area contributed by atoms with Gasteiger partial charge >= 0.3 is 30.2 Å². The van der Waals surface area contributed by atoms with Gasteiger partial charge in [0.2, 0.25) is 41.4 Å². The van der Waals surface area contributed by atoms with Gasteiger partial charge in [-0.05, 0) is 79.3 Å². The maximum absolute atomic E-state index is 14.5. The molecule has 7 atom stereocenters. The van der Waals surface area contributed by atoms with Gasteiger partial charge in [0.05, 0.1) is 26.6 Å². The van der Waals surface area contributed by atoms with E-state index in [2.05, 4.69) is 47.9 Å². The van der Waals surface area contributed by atoms with Gasteiger partial charge in [0.25, 0.3) is 0 Å². The van der Waals surface area contributed by atoms with Gasteiger partial charge in [-0.1, -0.05) is 137 Å². The third-order valence-electron chi connectivity index (χ3n) is 13.9. The molecule has 1 aliphatic carbocycles. The molecule has 0 radical (unpaired) electrons. The van der Waals surface area contributed by atoms with E-state index in [1.807, 2.05) is 48.5 Å². The fourth-order valence-corrected chi connectivity index (χ4v) is 9.49. The molecule has 4 aromatic rings. The summed E-state index contributed by atoms with van der Waals surface area (Å²) in [6.45, 7) is 10.3. The number of nitrogens with two attached hydrogens (primary N) is 1. The largest absolute Gasteiger partial charge is 0.467 e. The summed E-state index contributed by atoms with van der Waals surface area (Å²) in [4.78, 5) is 162. The van der Waals surface area contributed by atoms with Crippen LogP contribution in [0.15, 0.2) is 109 Å². The van der Waals surface area contributed by atoms with Crippen LogP contribution in [0.2, 0.25) is 0 Å². The summed E-state index contributed by atoms with van der Waals surface area (Å²) in [5.41, 5.74) is 9.01. The first-order valence-corrected chi connectivity index (χ1v) is 29.5. The number of alkyl carbamates (subject to hydrolysis) is 3. The fraction of sp³-hybridized carbons (Fsp3) is 0.438. The molecular weight excluding hydrogens is 1180 g/mol. The maximum atomic E-state index is 14.5. The second-order valence-electron chi connectivity index (χ2n) is 23.2. The van der Waals surface area contributed by atoms with Crippen LogP contribution in [0.3, 0.4) is 0 Å². The Balaban J connectivity index is 1.40. The molecule has 0 aromatic heterocycles. The first-order chi connectivity index (χ1) is 43.1. The highest BCUT2D eigenvalue weighted by Gasteiger charge is 2.38. The summed E-state index contributed by atoms with van der Waals surface area (Å²) in [5.74, 6) is -9.97. The molecule has 10 amide bonds. The van der Waals surface area contributed by atoms with E-state index in [4.69, 9.17) is 29.4 Å². The Morgan fingerprint density at radius 3 is 1.64 bits per heavy atom. The SMILES string of the molecule is COC(=O)[C@H](Cc1ccccc1)NC(=O)[C@H](CC(=O)O[C@H](C)[C@H](NC(=O)OCc1ccccc1)C(=O)NC[C@H](NC(=O)OC(C)(C)C)C(=O)N[C@@H](CC(C)C)C(=O)NCC(=O)NCC(N)=O)NC(=O)[C@@H](NC(=O)OCC1c2ccccc2-c2ccccc21)C(C)C. The monoisotopic (exact) mass is 1260 g/mol. The van der Waals surface area contributed by atoms with Crippen LogP contribution in [0.1, 0.15) is 96.4 Å². The van der Waals surface area contributed by atoms with Gasteiger partial charge in [0, 0.05) is 18.9 Å². The fourth-order valence-electron chi connectivity index (χ4n) is 9.49. The van der Waals surface area contributed by atoms with Crippen molar-refractivity contribution < 1.29 is 81.2 Å². The number of carbonyl (C=O) groups is 12. The van der Waals surface area contributed by atoms with Crippen LogP contribution >= 0.6 is 0 Å². The molecule has 0 unspecified atom stereocenters. The van der Waals surface area contributed by atoms with Crippen molar-refractivity contribution >= 4 is 71.6 Å². The third kappa shape index (κ3) is 23.4. The number of hydrogen-bond acceptors (Lipinski definition) is 17. The molecule has 0 spiro atoms. The highest BCUT2D eigenvalue weighted by atomic mass is 16.6. The average Bonchev–Trinajstić information content (AvgIpc) is 2.65. The van der Waals surface area contributed by atoms with Gasteiger partial charge in [-0.2, -0.15) is 0 Å². The smallest absolute Gasteiger partial charge is 0.408 e. The van der Waals surface area contributed by atoms with Gasteiger partial charge in [-0.15, -0.1) is 0 Å². The van der Waals surface area contributed by atoms with E-state index in [1.165, 1.54) is 6.92 Å². The summed E-state index contributed by atoms with van der Waals surface area (Å²) >= 11 is 0. The number of primary amides is 1. The second kappa shape index (κ2) is 34.6. The number of hydrogen-bond donors (Lipinski definition) is 10. The van der Waals surface area contributed by atoms with E-state index >= 15 is 0 Å². The van der Waals surface area contributed by atoms with E-state index in [0.29, 0.717) is 11.1 Å². The molecular formula is C64H82N10O17. The van der Waals surface area contributed by atoms with Gasteiger partial charge in [-0.25, -0.2) is 19.2 Å². The van der Waals surface area contributed by atoms with Crippen molar-refractivity contribution in [2.24, 2.45) is 17.6 Å². The van der Waals surface area contributed by atoms with Gasteiger partial charge < -0.3 is 77.3 Å². The molecule has 0 bridgehead atoms. The number of amides is 10. The summed E-state index contributed by atoms with van der Waals surface area (Å²) in [7, 11) is 1.10. The average molecular weight is 1260 g/mol. The summed E-state index contributed by atoms with van der Waals surface area (Å²) in [6, 6.07) is 22.8. The van der Waals surface area contributed by atoms with E-state index in [1.54, 1.807) is 109 Å². The molecule has 4 aromatic carbocycles. The minimum absolute atomic E-state index is 0.00814. The lowest BCUT2D eigenvalue weighted by Crippen LogP contribution is -2.60. The maximum Gasteiger partial charge on any atom is 0.408 e. The zero-order chi connectivity index (χ0) is 67.0. The molecule has 0 aliphatic heterocycles. The van der Waals surface area contributed by atoms with Crippen molar-refractivity contribution in [2.45, 2.75) is 135 Å². The molecule has 0 saturated heterocycles. The number of carbonyl (C=O) groups excluding carboxylic acids is 12. The Kier molecular flexibility index (Phi) is 27.3. The quantitative estimate of drug-likeness (QED) is 0.0256. The standard InChI is InChI=1S/C64H82N10O17/c1-36(2)28-46(55(78)68-33-51(76)66-32-50(65)75)69-57(80)49(72-63(86)91-64(6,7)8)31-67-58(81)54(74-62(85)88-34-40-22-14-11-15-23-40)38(5)90-52(77)30-47(56(79)71-48(60(83)87-9)29-39-20-12-10-13-21-39)70-59(82)53(37(3)4)73-61(84)89-35-45-43-26-18-16-24-41(43)42-25-17-19-27-44(42)45/h10-27,36-38,45-49,53-54H,28-35H2,1-9H3,(H2,65,75)(H,66,76)(H,67,81)(H,68,78)(H,69,80)(H,70,82)(H,71,79)(H,72,86)(H,73,84)(H,74,85)/t38-,46+,47+,48+,49+,53+,54+/m1/s1. The number of methoxy groups -OCH3 is 1. The Bertz CT molecular complexity index is 3170. The zero-order valence-electron chi connectivity index (χ0n) is 52.3. The van der Waals surface area contributed by atoms with Gasteiger partial charge in [0.1, 0.15) is 61.2 Å².